The van der Waals surface area contributed by atoms with Crippen molar-refractivity contribution in [2.45, 2.75) is 39.3 Å². The van der Waals surface area contributed by atoms with E-state index in [2.05, 4.69) is 17.5 Å². The van der Waals surface area contributed by atoms with Crippen molar-refractivity contribution in [3.05, 3.63) is 76.2 Å². The summed E-state index contributed by atoms with van der Waals surface area (Å²) < 4.78 is 1.38. The lowest BCUT2D eigenvalue weighted by atomic mass is 10.1. The quantitative estimate of drug-likeness (QED) is 0.490. The number of benzene rings is 2. The van der Waals surface area contributed by atoms with Gasteiger partial charge in [-0.3, -0.25) is 14.4 Å². The van der Waals surface area contributed by atoms with Gasteiger partial charge in [-0.15, -0.1) is 0 Å². The van der Waals surface area contributed by atoms with E-state index < -0.39 is 5.91 Å². The number of rotatable bonds is 8. The third kappa shape index (κ3) is 4.60. The van der Waals surface area contributed by atoms with Gasteiger partial charge in [0.15, 0.2) is 5.69 Å². The van der Waals surface area contributed by atoms with Crippen molar-refractivity contribution < 1.29 is 9.63 Å². The molecule has 27 heavy (non-hydrogen) atoms. The highest BCUT2D eigenvalue weighted by atomic mass is 16.6. The summed E-state index contributed by atoms with van der Waals surface area (Å²) in [7, 11) is 0. The summed E-state index contributed by atoms with van der Waals surface area (Å²) in [5, 5.41) is 5.32. The zero-order valence-electron chi connectivity index (χ0n) is 15.4. The molecule has 0 aliphatic carbocycles. The van der Waals surface area contributed by atoms with E-state index in [1.165, 1.54) is 4.68 Å². The predicted octanol–water partition coefficient (Wildman–Crippen LogP) is 3.45. The number of unbranched alkanes of at least 4 members (excludes halogenated alkanes) is 2. The van der Waals surface area contributed by atoms with Gasteiger partial charge in [-0.1, -0.05) is 68.3 Å². The molecule has 1 heterocycles. The lowest BCUT2D eigenvalue weighted by Crippen LogP contribution is -2.30. The number of aromatic nitrogens is 2. The lowest BCUT2D eigenvalue weighted by Gasteiger charge is -2.11. The highest BCUT2D eigenvalue weighted by molar-refractivity contribution is 6.04. The SMILES string of the molecule is CCCCCn1nc(C(=O)NOCc2ccccc2)c2ccccc2c1=O. The molecule has 3 aromatic rings. The number of amides is 1. The molecule has 0 radical (unpaired) electrons. The Hall–Kier alpha value is -2.99. The molecule has 2 aromatic carbocycles. The van der Waals surface area contributed by atoms with Gasteiger partial charge in [-0.05, 0) is 18.1 Å². The van der Waals surface area contributed by atoms with Gasteiger partial charge in [0.25, 0.3) is 11.5 Å². The molecule has 140 valence electrons. The van der Waals surface area contributed by atoms with Crippen LogP contribution in [0.2, 0.25) is 0 Å². The van der Waals surface area contributed by atoms with E-state index >= 15 is 0 Å². The van der Waals surface area contributed by atoms with Gasteiger partial charge < -0.3 is 0 Å². The molecular formula is C21H23N3O3. The van der Waals surface area contributed by atoms with Crippen LogP contribution < -0.4 is 11.0 Å². The summed E-state index contributed by atoms with van der Waals surface area (Å²) in [6.45, 7) is 2.84. The molecule has 0 saturated carbocycles. The van der Waals surface area contributed by atoms with Crippen molar-refractivity contribution in [1.29, 1.82) is 0 Å². The molecule has 0 bridgehead atoms. The van der Waals surface area contributed by atoms with Crippen LogP contribution in [0.4, 0.5) is 0 Å². The standard InChI is InChI=1S/C21H23N3O3/c1-2-3-9-14-24-21(26)18-13-8-7-12-17(18)19(22-24)20(25)23-27-15-16-10-5-4-6-11-16/h4-8,10-13H,2-3,9,14-15H2,1H3,(H,23,25). The zero-order chi connectivity index (χ0) is 19.1. The van der Waals surface area contributed by atoms with Crippen LogP contribution in [0.1, 0.15) is 42.2 Å². The maximum atomic E-state index is 12.6. The lowest BCUT2D eigenvalue weighted by molar-refractivity contribution is 0.0229. The number of aryl methyl sites for hydroxylation is 1. The Kier molecular flexibility index (Phi) is 6.33. The Morgan fingerprint density at radius 3 is 2.48 bits per heavy atom. The number of hydroxylamine groups is 1. The second-order valence-electron chi connectivity index (χ2n) is 6.34. The van der Waals surface area contributed by atoms with Crippen LogP contribution in [0, 0.1) is 0 Å². The van der Waals surface area contributed by atoms with Gasteiger partial charge in [-0.2, -0.15) is 5.10 Å². The molecule has 0 atom stereocenters. The Bertz CT molecular complexity index is 967. The molecule has 0 aliphatic rings. The molecule has 0 saturated heterocycles. The van der Waals surface area contributed by atoms with E-state index in [-0.39, 0.29) is 17.9 Å². The van der Waals surface area contributed by atoms with Crippen molar-refractivity contribution in [3.8, 4) is 0 Å². The minimum absolute atomic E-state index is 0.177. The summed E-state index contributed by atoms with van der Waals surface area (Å²) in [6, 6.07) is 16.6. The van der Waals surface area contributed by atoms with E-state index in [9.17, 15) is 9.59 Å². The van der Waals surface area contributed by atoms with Crippen LogP contribution >= 0.6 is 0 Å². The minimum atomic E-state index is -0.466. The van der Waals surface area contributed by atoms with Gasteiger partial charge >= 0.3 is 0 Å². The first-order chi connectivity index (χ1) is 13.2. The maximum absolute atomic E-state index is 12.6. The van der Waals surface area contributed by atoms with Crippen molar-refractivity contribution in [2.24, 2.45) is 0 Å². The van der Waals surface area contributed by atoms with E-state index in [0.717, 1.165) is 24.8 Å². The topological polar surface area (TPSA) is 73.2 Å². The molecule has 1 amide bonds. The molecule has 0 fully saturated rings. The third-order valence-electron chi connectivity index (χ3n) is 4.30. The first-order valence-electron chi connectivity index (χ1n) is 9.16. The fourth-order valence-electron chi connectivity index (χ4n) is 2.87. The first-order valence-corrected chi connectivity index (χ1v) is 9.16. The Morgan fingerprint density at radius 1 is 1.04 bits per heavy atom. The van der Waals surface area contributed by atoms with Crippen molar-refractivity contribution in [1.82, 2.24) is 15.3 Å². The Morgan fingerprint density at radius 2 is 1.74 bits per heavy atom. The Labute approximate surface area is 157 Å². The summed E-state index contributed by atoms with van der Waals surface area (Å²) in [6.07, 6.45) is 2.89. The monoisotopic (exact) mass is 365 g/mol. The second-order valence-corrected chi connectivity index (χ2v) is 6.34. The highest BCUT2D eigenvalue weighted by Gasteiger charge is 2.16. The summed E-state index contributed by atoms with van der Waals surface area (Å²) >= 11 is 0. The van der Waals surface area contributed by atoms with Crippen molar-refractivity contribution >= 4 is 16.7 Å². The summed E-state index contributed by atoms with van der Waals surface area (Å²) in [5.74, 6) is -0.466. The predicted molar refractivity (Wildman–Crippen MR) is 104 cm³/mol. The van der Waals surface area contributed by atoms with E-state index in [4.69, 9.17) is 4.84 Å². The highest BCUT2D eigenvalue weighted by Crippen LogP contribution is 2.13. The van der Waals surface area contributed by atoms with Crippen LogP contribution in [-0.2, 0) is 18.0 Å². The van der Waals surface area contributed by atoms with Crippen LogP contribution in [-0.4, -0.2) is 15.7 Å². The number of carbonyl (C=O) groups is 1. The number of hydrogen-bond donors (Lipinski definition) is 1. The molecule has 6 nitrogen and oxygen atoms in total. The average Bonchev–Trinajstić information content (AvgIpc) is 2.70. The van der Waals surface area contributed by atoms with Gasteiger partial charge in [-0.25, -0.2) is 10.2 Å². The van der Waals surface area contributed by atoms with Crippen LogP contribution in [0.3, 0.4) is 0 Å². The molecule has 0 spiro atoms. The summed E-state index contributed by atoms with van der Waals surface area (Å²) in [4.78, 5) is 30.6. The number of hydrogen-bond acceptors (Lipinski definition) is 4. The minimum Gasteiger partial charge on any atom is -0.269 e. The molecule has 0 unspecified atom stereocenters. The molecule has 3 rings (SSSR count). The van der Waals surface area contributed by atoms with E-state index in [1.54, 1.807) is 24.3 Å². The average molecular weight is 365 g/mol. The number of fused-ring (bicyclic) bond motifs is 1. The number of nitrogens with one attached hydrogen (secondary N) is 1. The van der Waals surface area contributed by atoms with Crippen LogP contribution in [0.5, 0.6) is 0 Å². The normalized spacial score (nSPS) is 10.9. The fraction of sp³-hybridized carbons (Fsp3) is 0.286. The van der Waals surface area contributed by atoms with E-state index in [1.807, 2.05) is 30.3 Å². The van der Waals surface area contributed by atoms with Gasteiger partial charge in [0.05, 0.1) is 12.0 Å². The fourth-order valence-corrected chi connectivity index (χ4v) is 2.87. The van der Waals surface area contributed by atoms with Crippen molar-refractivity contribution in [3.63, 3.8) is 0 Å². The number of carbonyl (C=O) groups excluding carboxylic acids is 1. The number of nitrogens with zero attached hydrogens (tertiary/aromatic N) is 2. The molecule has 0 aliphatic heterocycles. The molecule has 1 N–H and O–H groups in total. The summed E-state index contributed by atoms with van der Waals surface area (Å²) in [5.41, 5.74) is 3.39. The van der Waals surface area contributed by atoms with Gasteiger partial charge in [0, 0.05) is 11.9 Å². The third-order valence-corrected chi connectivity index (χ3v) is 4.30. The molecule has 1 aromatic heterocycles. The van der Waals surface area contributed by atoms with Gasteiger partial charge in [0.2, 0.25) is 0 Å². The van der Waals surface area contributed by atoms with Crippen LogP contribution in [0.25, 0.3) is 10.8 Å². The first kappa shape index (κ1) is 18.8. The maximum Gasteiger partial charge on any atom is 0.295 e. The smallest absolute Gasteiger partial charge is 0.269 e. The Balaban J connectivity index is 1.82. The molecular weight excluding hydrogens is 342 g/mol. The second kappa shape index (κ2) is 9.09. The van der Waals surface area contributed by atoms with Crippen LogP contribution in [0.15, 0.2) is 59.4 Å². The van der Waals surface area contributed by atoms with Crippen molar-refractivity contribution in [2.75, 3.05) is 0 Å². The largest absolute Gasteiger partial charge is 0.295 e. The van der Waals surface area contributed by atoms with Gasteiger partial charge in [0.1, 0.15) is 0 Å². The zero-order valence-corrected chi connectivity index (χ0v) is 15.4. The van der Waals surface area contributed by atoms with E-state index in [0.29, 0.717) is 17.3 Å². The molecule has 6 heteroatoms.